The molecule has 0 saturated heterocycles. The molecule has 6 nitrogen and oxygen atoms in total. The molecular formula is C33H41FN2O4. The van der Waals surface area contributed by atoms with Crippen molar-refractivity contribution in [3.8, 4) is 11.5 Å². The van der Waals surface area contributed by atoms with E-state index in [-0.39, 0.29) is 17.6 Å². The summed E-state index contributed by atoms with van der Waals surface area (Å²) in [5.74, 6) is 2.43. The summed E-state index contributed by atoms with van der Waals surface area (Å²) < 4.78 is 25.2. The molecule has 2 aromatic carbocycles. The van der Waals surface area contributed by atoms with E-state index in [0.717, 1.165) is 62.1 Å². The summed E-state index contributed by atoms with van der Waals surface area (Å²) in [7, 11) is 0. The van der Waals surface area contributed by atoms with Gasteiger partial charge in [0.05, 0.1) is 6.61 Å². The minimum atomic E-state index is -0.256. The van der Waals surface area contributed by atoms with Gasteiger partial charge in [-0.05, 0) is 90.8 Å². The van der Waals surface area contributed by atoms with Crippen LogP contribution in [0.1, 0.15) is 97.6 Å². The summed E-state index contributed by atoms with van der Waals surface area (Å²) in [6, 6.07) is 5.98. The minimum Gasteiger partial charge on any atom is -0.493 e. The van der Waals surface area contributed by atoms with Crippen molar-refractivity contribution in [3.05, 3.63) is 63.5 Å². The fraction of sp³-hybridized carbons (Fsp3) is 0.515. The molecule has 0 saturated carbocycles. The van der Waals surface area contributed by atoms with Crippen LogP contribution >= 0.6 is 0 Å². The molecular weight excluding hydrogens is 507 g/mol. The first-order chi connectivity index (χ1) is 19.5. The van der Waals surface area contributed by atoms with Crippen molar-refractivity contribution >= 4 is 17.9 Å². The molecule has 2 aliphatic carbocycles. The molecule has 2 amide bonds. The molecule has 6 rings (SSSR count). The van der Waals surface area contributed by atoms with Gasteiger partial charge < -0.3 is 20.1 Å². The Balaban J connectivity index is 0.000000162. The standard InChI is InChI=1S/C17H20FNO2.C16H21NO2/c1-2-15(20)19-8-7-11-5-6-12-10-14(18)17-13(16(11)12)4-3-9-21-17;1-2-15(18)17-9-7-12-4-3-11-5-6-14-13(16(11)12)8-10-19-14/h3-4,10-11H,2,5-9H2,1H3,(H,19,20);5-6,12H,2-4,7-10H2,1H3,(H,17,18)/t;12-/m.0/s1. The Morgan fingerprint density at radius 1 is 0.900 bits per heavy atom. The molecule has 2 heterocycles. The summed E-state index contributed by atoms with van der Waals surface area (Å²) in [5.41, 5.74) is 7.67. The molecule has 214 valence electrons. The van der Waals surface area contributed by atoms with Gasteiger partial charge in [-0.1, -0.05) is 26.0 Å². The van der Waals surface area contributed by atoms with Crippen molar-refractivity contribution in [2.24, 2.45) is 0 Å². The monoisotopic (exact) mass is 548 g/mol. The zero-order valence-electron chi connectivity index (χ0n) is 23.7. The van der Waals surface area contributed by atoms with Crippen molar-refractivity contribution in [2.45, 2.75) is 83.5 Å². The molecule has 1 unspecified atom stereocenters. The number of amides is 2. The molecule has 2 aliphatic heterocycles. The Morgan fingerprint density at radius 3 is 2.27 bits per heavy atom. The fourth-order valence-electron chi connectivity index (χ4n) is 6.64. The molecule has 0 bridgehead atoms. The lowest BCUT2D eigenvalue weighted by Crippen LogP contribution is -2.24. The van der Waals surface area contributed by atoms with Gasteiger partial charge in [-0.3, -0.25) is 9.59 Å². The summed E-state index contributed by atoms with van der Waals surface area (Å²) in [4.78, 5) is 22.6. The number of halogens is 1. The first-order valence-electron chi connectivity index (χ1n) is 15.0. The molecule has 2 N–H and O–H groups in total. The van der Waals surface area contributed by atoms with Gasteiger partial charge in [0.1, 0.15) is 12.4 Å². The van der Waals surface area contributed by atoms with E-state index < -0.39 is 0 Å². The second-order valence-corrected chi connectivity index (χ2v) is 11.1. The first-order valence-corrected chi connectivity index (χ1v) is 15.0. The van der Waals surface area contributed by atoms with Crippen molar-refractivity contribution in [2.75, 3.05) is 26.3 Å². The van der Waals surface area contributed by atoms with Crippen LogP contribution in [-0.2, 0) is 28.9 Å². The third-order valence-electron chi connectivity index (χ3n) is 8.63. The normalized spacial score (nSPS) is 19.3. The predicted octanol–water partition coefficient (Wildman–Crippen LogP) is 5.75. The summed E-state index contributed by atoms with van der Waals surface area (Å²) in [6.45, 7) is 6.46. The predicted molar refractivity (Wildman–Crippen MR) is 155 cm³/mol. The quantitative estimate of drug-likeness (QED) is 0.441. The van der Waals surface area contributed by atoms with Crippen molar-refractivity contribution in [1.29, 1.82) is 0 Å². The SMILES string of the molecule is CCC(=O)NCCC1CCc2cc(F)c3c(c21)C=CCO3.CCC(=O)NCC[C@@H]1CCc2ccc3c(c21)CCO3. The van der Waals surface area contributed by atoms with Gasteiger partial charge in [0, 0.05) is 43.5 Å². The van der Waals surface area contributed by atoms with Crippen LogP contribution in [0.25, 0.3) is 6.08 Å². The highest BCUT2D eigenvalue weighted by Crippen LogP contribution is 2.44. The molecule has 7 heteroatoms. The minimum absolute atomic E-state index is 0.0811. The second kappa shape index (κ2) is 12.9. The van der Waals surface area contributed by atoms with Gasteiger partial charge >= 0.3 is 0 Å². The maximum atomic E-state index is 14.0. The summed E-state index contributed by atoms with van der Waals surface area (Å²) in [5, 5.41) is 5.91. The lowest BCUT2D eigenvalue weighted by molar-refractivity contribution is -0.121. The van der Waals surface area contributed by atoms with E-state index in [9.17, 15) is 14.0 Å². The smallest absolute Gasteiger partial charge is 0.219 e. The van der Waals surface area contributed by atoms with E-state index in [1.807, 2.05) is 26.0 Å². The van der Waals surface area contributed by atoms with Crippen molar-refractivity contribution in [3.63, 3.8) is 0 Å². The van der Waals surface area contributed by atoms with Gasteiger partial charge in [-0.15, -0.1) is 0 Å². The third-order valence-corrected chi connectivity index (χ3v) is 8.63. The maximum Gasteiger partial charge on any atom is 0.219 e. The molecule has 2 aromatic rings. The largest absolute Gasteiger partial charge is 0.493 e. The van der Waals surface area contributed by atoms with Crippen molar-refractivity contribution in [1.82, 2.24) is 10.6 Å². The number of rotatable bonds is 8. The number of benzene rings is 2. The first kappa shape index (κ1) is 28.2. The highest BCUT2D eigenvalue weighted by atomic mass is 19.1. The number of carbonyl (C=O) groups excluding carboxylic acids is 2. The molecule has 40 heavy (non-hydrogen) atoms. The zero-order chi connectivity index (χ0) is 28.1. The van der Waals surface area contributed by atoms with Crippen LogP contribution in [0.15, 0.2) is 24.3 Å². The van der Waals surface area contributed by atoms with E-state index in [4.69, 9.17) is 9.47 Å². The van der Waals surface area contributed by atoms with Crippen molar-refractivity contribution < 1.29 is 23.5 Å². The van der Waals surface area contributed by atoms with Crippen LogP contribution in [-0.4, -0.2) is 38.1 Å². The van der Waals surface area contributed by atoms with Crippen LogP contribution in [0.5, 0.6) is 11.5 Å². The van der Waals surface area contributed by atoms with Crippen LogP contribution in [0.4, 0.5) is 4.39 Å². The van der Waals surface area contributed by atoms with E-state index in [2.05, 4.69) is 22.8 Å². The second-order valence-electron chi connectivity index (χ2n) is 11.1. The number of hydrogen-bond donors (Lipinski definition) is 2. The Bertz CT molecular complexity index is 1290. The molecule has 0 aromatic heterocycles. The van der Waals surface area contributed by atoms with Gasteiger partial charge in [0.25, 0.3) is 0 Å². The third kappa shape index (κ3) is 6.03. The van der Waals surface area contributed by atoms with Gasteiger partial charge in [0.2, 0.25) is 11.8 Å². The maximum absolute atomic E-state index is 14.0. The number of hydrogen-bond acceptors (Lipinski definition) is 4. The van der Waals surface area contributed by atoms with Gasteiger partial charge in [0.15, 0.2) is 11.6 Å². The lowest BCUT2D eigenvalue weighted by atomic mass is 9.91. The Morgan fingerprint density at radius 2 is 1.57 bits per heavy atom. The topological polar surface area (TPSA) is 76.7 Å². The number of carbonyl (C=O) groups is 2. The molecule has 0 spiro atoms. The van der Waals surface area contributed by atoms with E-state index in [1.54, 1.807) is 6.07 Å². The Labute approximate surface area is 236 Å². The average molecular weight is 549 g/mol. The highest BCUT2D eigenvalue weighted by Gasteiger charge is 2.30. The summed E-state index contributed by atoms with van der Waals surface area (Å²) >= 11 is 0. The molecule has 0 fully saturated rings. The van der Waals surface area contributed by atoms with Crippen LogP contribution in [0.3, 0.4) is 0 Å². The Kier molecular flexibility index (Phi) is 9.08. The number of fused-ring (bicyclic) bond motifs is 6. The number of ether oxygens (including phenoxy) is 2. The Hall–Kier alpha value is -3.35. The van der Waals surface area contributed by atoms with Crippen LogP contribution < -0.4 is 20.1 Å². The van der Waals surface area contributed by atoms with E-state index in [0.29, 0.717) is 43.6 Å². The zero-order valence-corrected chi connectivity index (χ0v) is 23.7. The lowest BCUT2D eigenvalue weighted by Gasteiger charge is -2.20. The van der Waals surface area contributed by atoms with E-state index >= 15 is 0 Å². The number of nitrogens with one attached hydrogen (secondary N) is 2. The van der Waals surface area contributed by atoms with Gasteiger partial charge in [-0.2, -0.15) is 0 Å². The molecule has 4 aliphatic rings. The highest BCUT2D eigenvalue weighted by molar-refractivity contribution is 5.75. The molecule has 2 atom stereocenters. The molecule has 0 radical (unpaired) electrons. The average Bonchev–Trinajstić information content (AvgIpc) is 3.72. The van der Waals surface area contributed by atoms with Crippen LogP contribution in [0, 0.1) is 5.82 Å². The fourth-order valence-corrected chi connectivity index (χ4v) is 6.64. The van der Waals surface area contributed by atoms with E-state index in [1.165, 1.54) is 35.1 Å². The van der Waals surface area contributed by atoms with Crippen LogP contribution in [0.2, 0.25) is 0 Å². The summed E-state index contributed by atoms with van der Waals surface area (Å²) in [6.07, 6.45) is 12.3. The van der Waals surface area contributed by atoms with Gasteiger partial charge in [-0.25, -0.2) is 4.39 Å². The number of aryl methyl sites for hydroxylation is 2.